The third-order valence-electron chi connectivity index (χ3n) is 1.82. The van der Waals surface area contributed by atoms with Crippen LogP contribution in [0.2, 0.25) is 0 Å². The van der Waals surface area contributed by atoms with Gasteiger partial charge in [-0.2, -0.15) is 0 Å². The van der Waals surface area contributed by atoms with Crippen molar-refractivity contribution in [3.05, 3.63) is 33.5 Å². The summed E-state index contributed by atoms with van der Waals surface area (Å²) < 4.78 is 0.867. The van der Waals surface area contributed by atoms with Crippen LogP contribution in [-0.4, -0.2) is 9.91 Å². The average Bonchev–Trinajstić information content (AvgIpc) is 2.39. The van der Waals surface area contributed by atoms with E-state index in [4.69, 9.17) is 0 Å². The fraction of sp³-hybridized carbons (Fsp3) is 0.125. The number of nitrogens with zero attached hydrogens (tertiary/aromatic N) is 2. The van der Waals surface area contributed by atoms with E-state index >= 15 is 0 Å². The van der Waals surface area contributed by atoms with Crippen LogP contribution in [0.4, 0.5) is 5.69 Å². The Bertz CT molecular complexity index is 478. The Balaban J connectivity index is 2.86. The molecule has 2 aromatic rings. The Kier molecular flexibility index (Phi) is 1.73. The van der Waals surface area contributed by atoms with Gasteiger partial charge < -0.3 is 0 Å². The van der Waals surface area contributed by atoms with E-state index < -0.39 is 0 Å². The SMILES string of the molecule is Cc1sc2cnccc2c1[N+](=O)[O-]. The third kappa shape index (κ3) is 1.17. The Morgan fingerprint density at radius 3 is 3.08 bits per heavy atom. The molecule has 0 aromatic carbocycles. The molecule has 13 heavy (non-hydrogen) atoms. The molecule has 0 unspecified atom stereocenters. The minimum absolute atomic E-state index is 0.211. The number of fused-ring (bicyclic) bond motifs is 1. The highest BCUT2D eigenvalue weighted by molar-refractivity contribution is 7.19. The molecule has 0 spiro atoms. The summed E-state index contributed by atoms with van der Waals surface area (Å²) >= 11 is 1.40. The first-order valence-corrected chi connectivity index (χ1v) is 4.49. The van der Waals surface area contributed by atoms with Crippen molar-refractivity contribution in [3.63, 3.8) is 0 Å². The molecule has 2 aromatic heterocycles. The van der Waals surface area contributed by atoms with Crippen LogP contribution in [0.1, 0.15) is 4.88 Å². The van der Waals surface area contributed by atoms with Crippen molar-refractivity contribution in [2.45, 2.75) is 6.92 Å². The highest BCUT2D eigenvalue weighted by Gasteiger charge is 2.18. The van der Waals surface area contributed by atoms with Gasteiger partial charge in [0.05, 0.1) is 19.9 Å². The van der Waals surface area contributed by atoms with Crippen molar-refractivity contribution in [1.82, 2.24) is 4.98 Å². The van der Waals surface area contributed by atoms with E-state index in [0.717, 1.165) is 9.58 Å². The fourth-order valence-corrected chi connectivity index (χ4v) is 2.29. The number of aromatic nitrogens is 1. The van der Waals surface area contributed by atoms with Crippen molar-refractivity contribution in [3.8, 4) is 0 Å². The minimum Gasteiger partial charge on any atom is -0.263 e. The standard InChI is InChI=1S/C8H6N2O2S/c1-5-8(10(11)12)6-2-3-9-4-7(6)13-5/h2-4H,1H3. The maximum Gasteiger partial charge on any atom is 0.290 e. The van der Waals surface area contributed by atoms with Crippen LogP contribution < -0.4 is 0 Å². The molecule has 0 N–H and O–H groups in total. The summed E-state index contributed by atoms with van der Waals surface area (Å²) in [4.78, 5) is 15.0. The van der Waals surface area contributed by atoms with Gasteiger partial charge in [0.15, 0.2) is 0 Å². The molecular formula is C8H6N2O2S. The van der Waals surface area contributed by atoms with Crippen LogP contribution in [0.3, 0.4) is 0 Å². The average molecular weight is 194 g/mol. The molecule has 0 fully saturated rings. The van der Waals surface area contributed by atoms with Crippen LogP contribution >= 0.6 is 11.3 Å². The highest BCUT2D eigenvalue weighted by atomic mass is 32.1. The predicted octanol–water partition coefficient (Wildman–Crippen LogP) is 2.51. The number of hydrogen-bond donors (Lipinski definition) is 0. The lowest BCUT2D eigenvalue weighted by atomic mass is 10.3. The molecule has 2 heterocycles. The summed E-state index contributed by atoms with van der Waals surface area (Å²) in [6.45, 7) is 1.75. The Hall–Kier alpha value is -1.49. The van der Waals surface area contributed by atoms with Crippen LogP contribution in [0.15, 0.2) is 18.5 Å². The second-order valence-electron chi connectivity index (χ2n) is 2.64. The zero-order valence-electron chi connectivity index (χ0n) is 6.85. The van der Waals surface area contributed by atoms with Crippen molar-refractivity contribution in [1.29, 1.82) is 0 Å². The molecule has 0 amide bonds. The molecule has 0 aliphatic heterocycles. The Labute approximate surface area is 78.0 Å². The predicted molar refractivity (Wildman–Crippen MR) is 51.0 cm³/mol. The highest BCUT2D eigenvalue weighted by Crippen LogP contribution is 2.35. The van der Waals surface area contributed by atoms with E-state index in [1.165, 1.54) is 11.3 Å². The van der Waals surface area contributed by atoms with E-state index in [0.29, 0.717) is 5.39 Å². The number of thiophene rings is 1. The van der Waals surface area contributed by atoms with E-state index in [9.17, 15) is 10.1 Å². The van der Waals surface area contributed by atoms with Gasteiger partial charge in [0.1, 0.15) is 0 Å². The first-order valence-electron chi connectivity index (χ1n) is 3.67. The number of rotatable bonds is 1. The van der Waals surface area contributed by atoms with Gasteiger partial charge in [0.2, 0.25) is 0 Å². The number of aryl methyl sites for hydroxylation is 1. The molecule has 0 radical (unpaired) electrons. The van der Waals surface area contributed by atoms with Crippen LogP contribution in [-0.2, 0) is 0 Å². The maximum atomic E-state index is 10.7. The fourth-order valence-electron chi connectivity index (χ4n) is 1.29. The molecule has 0 saturated carbocycles. The van der Waals surface area contributed by atoms with Gasteiger partial charge >= 0.3 is 0 Å². The molecule has 0 atom stereocenters. The quantitative estimate of drug-likeness (QED) is 0.517. The molecule has 5 heteroatoms. The van der Waals surface area contributed by atoms with E-state index in [1.807, 2.05) is 0 Å². The van der Waals surface area contributed by atoms with E-state index in [1.54, 1.807) is 25.4 Å². The number of pyridine rings is 1. The summed E-state index contributed by atoms with van der Waals surface area (Å²) in [6, 6.07) is 1.68. The zero-order chi connectivity index (χ0) is 9.42. The van der Waals surface area contributed by atoms with Gasteiger partial charge in [-0.1, -0.05) is 0 Å². The molecule has 0 aliphatic carbocycles. The van der Waals surface area contributed by atoms with Gasteiger partial charge in [-0.25, -0.2) is 0 Å². The number of nitro groups is 1. The zero-order valence-corrected chi connectivity index (χ0v) is 7.67. The van der Waals surface area contributed by atoms with Gasteiger partial charge in [0, 0.05) is 12.4 Å². The Morgan fingerprint density at radius 1 is 1.62 bits per heavy atom. The summed E-state index contributed by atoms with van der Waals surface area (Å²) in [7, 11) is 0. The van der Waals surface area contributed by atoms with Crippen molar-refractivity contribution >= 4 is 27.1 Å². The third-order valence-corrected chi connectivity index (χ3v) is 2.86. The lowest BCUT2D eigenvalue weighted by Crippen LogP contribution is -1.87. The summed E-state index contributed by atoms with van der Waals surface area (Å²) in [5.74, 6) is 0. The first kappa shape index (κ1) is 8.12. The molecule has 2 rings (SSSR count). The molecular weight excluding hydrogens is 188 g/mol. The van der Waals surface area contributed by atoms with Crippen LogP contribution in [0, 0.1) is 17.0 Å². The van der Waals surface area contributed by atoms with Gasteiger partial charge in [-0.3, -0.25) is 15.1 Å². The van der Waals surface area contributed by atoms with Gasteiger partial charge in [-0.05, 0) is 13.0 Å². The first-order chi connectivity index (χ1) is 6.20. The number of hydrogen-bond acceptors (Lipinski definition) is 4. The van der Waals surface area contributed by atoms with Crippen LogP contribution in [0.25, 0.3) is 10.1 Å². The van der Waals surface area contributed by atoms with E-state index in [2.05, 4.69) is 4.98 Å². The molecule has 0 aliphatic rings. The van der Waals surface area contributed by atoms with Crippen molar-refractivity contribution in [2.24, 2.45) is 0 Å². The Morgan fingerprint density at radius 2 is 2.38 bits per heavy atom. The normalized spacial score (nSPS) is 10.5. The second kappa shape index (κ2) is 2.77. The lowest BCUT2D eigenvalue weighted by molar-refractivity contribution is -0.383. The minimum atomic E-state index is -0.339. The molecule has 0 bridgehead atoms. The molecule has 4 nitrogen and oxygen atoms in total. The van der Waals surface area contributed by atoms with Crippen molar-refractivity contribution < 1.29 is 4.92 Å². The van der Waals surface area contributed by atoms with Crippen LogP contribution in [0.5, 0.6) is 0 Å². The largest absolute Gasteiger partial charge is 0.290 e. The smallest absolute Gasteiger partial charge is 0.263 e. The summed E-state index contributed by atoms with van der Waals surface area (Å²) in [5.41, 5.74) is 0.211. The molecule has 66 valence electrons. The van der Waals surface area contributed by atoms with E-state index in [-0.39, 0.29) is 10.6 Å². The lowest BCUT2D eigenvalue weighted by Gasteiger charge is -1.88. The molecule has 0 saturated heterocycles. The van der Waals surface area contributed by atoms with Gasteiger partial charge in [0.25, 0.3) is 5.69 Å². The second-order valence-corrected chi connectivity index (χ2v) is 3.89. The summed E-state index contributed by atoms with van der Waals surface area (Å²) in [5, 5.41) is 11.4. The van der Waals surface area contributed by atoms with Gasteiger partial charge in [-0.15, -0.1) is 11.3 Å². The monoisotopic (exact) mass is 194 g/mol. The topological polar surface area (TPSA) is 56.0 Å². The maximum absolute atomic E-state index is 10.7. The summed E-state index contributed by atoms with van der Waals surface area (Å²) in [6.07, 6.45) is 3.22. The van der Waals surface area contributed by atoms with Crippen molar-refractivity contribution in [2.75, 3.05) is 0 Å².